The Morgan fingerprint density at radius 2 is 2.00 bits per heavy atom. The Bertz CT molecular complexity index is 784. The number of piperidine rings is 1. The van der Waals surface area contributed by atoms with Gasteiger partial charge in [0.15, 0.2) is 0 Å². The highest BCUT2D eigenvalue weighted by Gasteiger charge is 2.33. The van der Waals surface area contributed by atoms with Crippen LogP contribution in [0.4, 0.5) is 19.1 Å². The van der Waals surface area contributed by atoms with Crippen LogP contribution in [0.5, 0.6) is 0 Å². The van der Waals surface area contributed by atoms with E-state index in [4.69, 9.17) is 17.3 Å². The number of alkyl halides is 3. The number of hydrogen-bond donors (Lipinski definition) is 2. The average molecular weight is 374 g/mol. The second kappa shape index (κ2) is 6.55. The standard InChI is InChI=1S/C15H15ClF3N5O/c16-11-2-1-9(15(17,18)19)7-10(11)13(25)24-5-3-8(4-6-24)12-21-14(20)23-22-12/h1-2,7-8H,3-6H2,(H3,20,21,22,23). The van der Waals surface area contributed by atoms with Crippen molar-refractivity contribution in [1.82, 2.24) is 20.1 Å². The lowest BCUT2D eigenvalue weighted by atomic mass is 9.95. The van der Waals surface area contributed by atoms with E-state index in [1.807, 2.05) is 0 Å². The van der Waals surface area contributed by atoms with E-state index < -0.39 is 17.6 Å². The highest BCUT2D eigenvalue weighted by molar-refractivity contribution is 6.33. The number of rotatable bonds is 2. The van der Waals surface area contributed by atoms with Crippen LogP contribution < -0.4 is 5.73 Å². The van der Waals surface area contributed by atoms with Crippen molar-refractivity contribution in [2.45, 2.75) is 24.9 Å². The van der Waals surface area contributed by atoms with Crippen molar-refractivity contribution in [1.29, 1.82) is 0 Å². The Kier molecular flexibility index (Phi) is 4.59. The number of likely N-dealkylation sites (tertiary alicyclic amines) is 1. The van der Waals surface area contributed by atoms with Crippen LogP contribution in [-0.2, 0) is 6.18 Å². The molecule has 25 heavy (non-hydrogen) atoms. The lowest BCUT2D eigenvalue weighted by molar-refractivity contribution is -0.137. The maximum Gasteiger partial charge on any atom is 0.416 e. The minimum atomic E-state index is -4.53. The summed E-state index contributed by atoms with van der Waals surface area (Å²) in [5.74, 6) is 0.378. The molecule has 0 aliphatic carbocycles. The van der Waals surface area contributed by atoms with Gasteiger partial charge >= 0.3 is 6.18 Å². The minimum absolute atomic E-state index is 0.00290. The Morgan fingerprint density at radius 1 is 1.32 bits per heavy atom. The molecule has 0 atom stereocenters. The Hall–Kier alpha value is -2.29. The van der Waals surface area contributed by atoms with E-state index in [1.54, 1.807) is 0 Å². The van der Waals surface area contributed by atoms with Crippen LogP contribution in [0.1, 0.15) is 40.5 Å². The number of hydrogen-bond acceptors (Lipinski definition) is 4. The molecule has 6 nitrogen and oxygen atoms in total. The molecule has 1 aliphatic rings. The summed E-state index contributed by atoms with van der Waals surface area (Å²) in [6.45, 7) is 0.771. The van der Waals surface area contributed by atoms with Crippen LogP contribution in [0.3, 0.4) is 0 Å². The number of amides is 1. The molecule has 2 heterocycles. The molecule has 1 aliphatic heterocycles. The topological polar surface area (TPSA) is 87.9 Å². The molecule has 3 N–H and O–H groups in total. The Morgan fingerprint density at radius 3 is 2.56 bits per heavy atom. The molecule has 0 spiro atoms. The van der Waals surface area contributed by atoms with E-state index in [9.17, 15) is 18.0 Å². The van der Waals surface area contributed by atoms with E-state index in [2.05, 4.69) is 15.2 Å². The Labute approximate surface area is 146 Å². The summed E-state index contributed by atoms with van der Waals surface area (Å²) in [6.07, 6.45) is -3.31. The van der Waals surface area contributed by atoms with E-state index in [0.29, 0.717) is 31.8 Å². The zero-order valence-corrected chi connectivity index (χ0v) is 13.7. The second-order valence-corrected chi connectivity index (χ2v) is 6.24. The molecule has 10 heteroatoms. The number of nitrogens with two attached hydrogens (primary N) is 1. The van der Waals surface area contributed by atoms with Gasteiger partial charge in [-0.1, -0.05) is 11.6 Å². The van der Waals surface area contributed by atoms with Crippen molar-refractivity contribution in [2.75, 3.05) is 18.8 Å². The maximum atomic E-state index is 12.9. The van der Waals surface area contributed by atoms with Crippen molar-refractivity contribution >= 4 is 23.5 Å². The lowest BCUT2D eigenvalue weighted by Gasteiger charge is -2.31. The predicted octanol–water partition coefficient (Wildman–Crippen LogP) is 3.08. The molecular weight excluding hydrogens is 359 g/mol. The molecular formula is C15H15ClF3N5O. The van der Waals surface area contributed by atoms with Gasteiger partial charge < -0.3 is 10.6 Å². The second-order valence-electron chi connectivity index (χ2n) is 5.84. The van der Waals surface area contributed by atoms with Gasteiger partial charge in [0.05, 0.1) is 16.1 Å². The van der Waals surface area contributed by atoms with Crippen molar-refractivity contribution in [3.8, 4) is 0 Å². The van der Waals surface area contributed by atoms with Crippen LogP contribution in [-0.4, -0.2) is 39.1 Å². The van der Waals surface area contributed by atoms with Gasteiger partial charge in [-0.15, -0.1) is 5.10 Å². The molecule has 1 aromatic heterocycles. The normalized spacial score (nSPS) is 16.2. The number of aromatic nitrogens is 3. The number of nitrogen functional groups attached to an aromatic ring is 1. The Balaban J connectivity index is 1.72. The quantitative estimate of drug-likeness (QED) is 0.846. The molecule has 2 aromatic rings. The molecule has 1 aromatic carbocycles. The van der Waals surface area contributed by atoms with Crippen molar-refractivity contribution < 1.29 is 18.0 Å². The van der Waals surface area contributed by atoms with Gasteiger partial charge in [-0.25, -0.2) is 0 Å². The number of halogens is 4. The highest BCUT2D eigenvalue weighted by Crippen LogP contribution is 2.33. The number of nitrogens with one attached hydrogen (secondary N) is 1. The molecule has 0 radical (unpaired) electrons. The average Bonchev–Trinajstić information content (AvgIpc) is 3.00. The van der Waals surface area contributed by atoms with Gasteiger partial charge in [0.1, 0.15) is 5.82 Å². The largest absolute Gasteiger partial charge is 0.416 e. The first-order chi connectivity index (χ1) is 11.8. The molecule has 1 fully saturated rings. The zero-order chi connectivity index (χ0) is 18.2. The van der Waals surface area contributed by atoms with E-state index in [0.717, 1.165) is 18.2 Å². The van der Waals surface area contributed by atoms with Crippen molar-refractivity contribution in [3.05, 3.63) is 40.2 Å². The minimum Gasteiger partial charge on any atom is -0.367 e. The van der Waals surface area contributed by atoms with Gasteiger partial charge in [-0.2, -0.15) is 18.2 Å². The summed E-state index contributed by atoms with van der Waals surface area (Å²) < 4.78 is 38.6. The van der Waals surface area contributed by atoms with E-state index in [-0.39, 0.29) is 22.5 Å². The molecule has 0 saturated carbocycles. The molecule has 134 valence electrons. The van der Waals surface area contributed by atoms with Crippen LogP contribution in [0.2, 0.25) is 5.02 Å². The molecule has 3 rings (SSSR count). The maximum absolute atomic E-state index is 12.9. The van der Waals surface area contributed by atoms with E-state index in [1.165, 1.54) is 4.90 Å². The van der Waals surface area contributed by atoms with Gasteiger partial charge in [0.2, 0.25) is 5.95 Å². The van der Waals surface area contributed by atoms with Crippen LogP contribution in [0.15, 0.2) is 18.2 Å². The summed E-state index contributed by atoms with van der Waals surface area (Å²) in [5.41, 5.74) is 4.44. The fourth-order valence-corrected chi connectivity index (χ4v) is 3.06. The van der Waals surface area contributed by atoms with Crippen LogP contribution in [0, 0.1) is 0 Å². The van der Waals surface area contributed by atoms with Gasteiger partial charge in [-0.05, 0) is 31.0 Å². The number of anilines is 1. The van der Waals surface area contributed by atoms with Crippen molar-refractivity contribution in [2.24, 2.45) is 0 Å². The third-order valence-electron chi connectivity index (χ3n) is 4.21. The predicted molar refractivity (Wildman–Crippen MR) is 85.1 cm³/mol. The summed E-state index contributed by atoms with van der Waals surface area (Å²) in [5, 5.41) is 6.53. The molecule has 1 saturated heterocycles. The van der Waals surface area contributed by atoms with Crippen molar-refractivity contribution in [3.63, 3.8) is 0 Å². The fourth-order valence-electron chi connectivity index (χ4n) is 2.86. The number of benzene rings is 1. The zero-order valence-electron chi connectivity index (χ0n) is 13.0. The number of H-pyrrole nitrogens is 1. The third-order valence-corrected chi connectivity index (χ3v) is 4.54. The summed E-state index contributed by atoms with van der Waals surface area (Å²) in [7, 11) is 0. The summed E-state index contributed by atoms with van der Waals surface area (Å²) in [6, 6.07) is 2.76. The fraction of sp³-hybridized carbons (Fsp3) is 0.400. The highest BCUT2D eigenvalue weighted by atomic mass is 35.5. The molecule has 1 amide bonds. The first-order valence-electron chi connectivity index (χ1n) is 7.59. The van der Waals surface area contributed by atoms with Gasteiger partial charge in [-0.3, -0.25) is 9.89 Å². The van der Waals surface area contributed by atoms with Crippen LogP contribution in [0.25, 0.3) is 0 Å². The smallest absolute Gasteiger partial charge is 0.367 e. The first-order valence-corrected chi connectivity index (χ1v) is 7.97. The number of carbonyl (C=O) groups is 1. The molecule has 0 bridgehead atoms. The molecule has 0 unspecified atom stereocenters. The van der Waals surface area contributed by atoms with Crippen LogP contribution >= 0.6 is 11.6 Å². The summed E-state index contributed by atoms with van der Waals surface area (Å²) in [4.78, 5) is 18.1. The monoisotopic (exact) mass is 373 g/mol. The number of nitrogens with zero attached hydrogens (tertiary/aromatic N) is 3. The first kappa shape index (κ1) is 17.5. The SMILES string of the molecule is Nc1n[nH]c(C2CCN(C(=O)c3cc(C(F)(F)F)ccc3Cl)CC2)n1. The number of carbonyl (C=O) groups excluding carboxylic acids is 1. The van der Waals surface area contributed by atoms with Gasteiger partial charge in [0, 0.05) is 19.0 Å². The third kappa shape index (κ3) is 3.71. The number of aromatic amines is 1. The summed E-state index contributed by atoms with van der Waals surface area (Å²) >= 11 is 5.94. The van der Waals surface area contributed by atoms with E-state index >= 15 is 0 Å². The van der Waals surface area contributed by atoms with Gasteiger partial charge in [0.25, 0.3) is 5.91 Å². The lowest BCUT2D eigenvalue weighted by Crippen LogP contribution is -2.38.